The number of sulfonamides is 1. The first kappa shape index (κ1) is 26.3. The van der Waals surface area contributed by atoms with Crippen molar-refractivity contribution in [2.45, 2.75) is 38.0 Å². The highest BCUT2D eigenvalue weighted by atomic mass is 32.2. The number of nitriles is 1. The first-order chi connectivity index (χ1) is 17.9. The zero-order valence-electron chi connectivity index (χ0n) is 21.2. The Labute approximate surface area is 218 Å². The molecule has 0 atom stereocenters. The molecule has 8 nitrogen and oxygen atoms in total. The van der Waals surface area contributed by atoms with Crippen LogP contribution in [-0.4, -0.2) is 59.5 Å². The first-order valence-corrected chi connectivity index (χ1v) is 14.0. The van der Waals surface area contributed by atoms with Crippen LogP contribution >= 0.6 is 0 Å². The lowest BCUT2D eigenvalue weighted by molar-refractivity contribution is -0.127. The molecule has 0 spiro atoms. The van der Waals surface area contributed by atoms with Crippen LogP contribution in [-0.2, 0) is 14.8 Å². The summed E-state index contributed by atoms with van der Waals surface area (Å²) in [5.41, 5.74) is 2.46. The van der Waals surface area contributed by atoms with Gasteiger partial charge in [0.15, 0.2) is 0 Å². The van der Waals surface area contributed by atoms with E-state index in [4.69, 9.17) is 5.10 Å². The number of amides is 1. The zero-order valence-corrected chi connectivity index (χ0v) is 22.0. The smallest absolute Gasteiger partial charge is 0.264 e. The highest BCUT2D eigenvalue weighted by Gasteiger charge is 2.24. The van der Waals surface area contributed by atoms with Crippen LogP contribution in [0.1, 0.15) is 38.7 Å². The van der Waals surface area contributed by atoms with Gasteiger partial charge in [0, 0.05) is 43.5 Å². The van der Waals surface area contributed by atoms with Crippen LogP contribution in [0.15, 0.2) is 71.3 Å². The Kier molecular flexibility index (Phi) is 8.21. The molecule has 0 N–H and O–H groups in total. The molecule has 1 aromatic heterocycles. The van der Waals surface area contributed by atoms with E-state index in [-0.39, 0.29) is 16.4 Å². The minimum Gasteiger partial charge on any atom is -0.338 e. The van der Waals surface area contributed by atoms with Gasteiger partial charge >= 0.3 is 0 Å². The SMILES string of the molecule is CCN(CC)S(=O)(=O)c1cccc(-c2nn(-c3ccccc3)cc2/C=C(/C#N)C(=O)N2CCCCC2)c1. The van der Waals surface area contributed by atoms with E-state index in [1.54, 1.807) is 60.0 Å². The van der Waals surface area contributed by atoms with Gasteiger partial charge in [-0.1, -0.05) is 44.2 Å². The molecule has 9 heteroatoms. The minimum absolute atomic E-state index is 0.0303. The molecule has 1 aliphatic heterocycles. The predicted molar refractivity (Wildman–Crippen MR) is 143 cm³/mol. The second kappa shape index (κ2) is 11.5. The summed E-state index contributed by atoms with van der Waals surface area (Å²) in [7, 11) is -3.68. The van der Waals surface area contributed by atoms with Gasteiger partial charge in [-0.15, -0.1) is 0 Å². The number of nitrogens with zero attached hydrogens (tertiary/aromatic N) is 5. The fourth-order valence-corrected chi connectivity index (χ4v) is 6.02. The van der Waals surface area contributed by atoms with Gasteiger partial charge in [-0.25, -0.2) is 13.1 Å². The van der Waals surface area contributed by atoms with Crippen molar-refractivity contribution in [3.63, 3.8) is 0 Å². The average molecular weight is 518 g/mol. The first-order valence-electron chi connectivity index (χ1n) is 12.6. The van der Waals surface area contributed by atoms with E-state index in [0.717, 1.165) is 24.9 Å². The second-order valence-electron chi connectivity index (χ2n) is 8.85. The number of hydrogen-bond donors (Lipinski definition) is 0. The van der Waals surface area contributed by atoms with Gasteiger partial charge in [0.2, 0.25) is 10.0 Å². The highest BCUT2D eigenvalue weighted by molar-refractivity contribution is 7.89. The third-order valence-corrected chi connectivity index (χ3v) is 8.55. The zero-order chi connectivity index (χ0) is 26.4. The Balaban J connectivity index is 1.82. The number of rotatable bonds is 8. The molecule has 0 radical (unpaired) electrons. The van der Waals surface area contributed by atoms with Crippen molar-refractivity contribution < 1.29 is 13.2 Å². The van der Waals surface area contributed by atoms with E-state index < -0.39 is 10.0 Å². The molecule has 1 amide bonds. The van der Waals surface area contributed by atoms with Crippen LogP contribution in [0, 0.1) is 11.3 Å². The minimum atomic E-state index is -3.68. The summed E-state index contributed by atoms with van der Waals surface area (Å²) in [6, 6.07) is 18.2. The highest BCUT2D eigenvalue weighted by Crippen LogP contribution is 2.29. The van der Waals surface area contributed by atoms with Crippen molar-refractivity contribution in [1.82, 2.24) is 19.0 Å². The summed E-state index contributed by atoms with van der Waals surface area (Å²) >= 11 is 0. The van der Waals surface area contributed by atoms with Gasteiger partial charge in [0.25, 0.3) is 5.91 Å². The molecule has 0 saturated carbocycles. The van der Waals surface area contributed by atoms with Crippen molar-refractivity contribution in [2.24, 2.45) is 0 Å². The number of para-hydroxylation sites is 1. The average Bonchev–Trinajstić information content (AvgIpc) is 3.37. The fourth-order valence-electron chi connectivity index (χ4n) is 4.51. The molecular weight excluding hydrogens is 486 g/mol. The van der Waals surface area contributed by atoms with Crippen molar-refractivity contribution in [1.29, 1.82) is 5.26 Å². The van der Waals surface area contributed by atoms with E-state index in [2.05, 4.69) is 6.07 Å². The molecule has 37 heavy (non-hydrogen) atoms. The standard InChI is InChI=1S/C28H31N5O3S/c1-3-32(4-2)37(35,36)26-15-11-12-22(19-26)27-24(21-33(30-27)25-13-7-5-8-14-25)18-23(20-29)28(34)31-16-9-6-10-17-31/h5,7-8,11-15,18-19,21H,3-4,6,9-10,16-17H2,1-2H3/b23-18-. The quantitative estimate of drug-likeness (QED) is 0.324. The number of carbonyl (C=O) groups is 1. The van der Waals surface area contributed by atoms with Gasteiger partial charge in [-0.3, -0.25) is 4.79 Å². The Morgan fingerprint density at radius 2 is 1.76 bits per heavy atom. The number of likely N-dealkylation sites (tertiary alicyclic amines) is 1. The molecule has 192 valence electrons. The molecule has 2 aromatic carbocycles. The Bertz CT molecular complexity index is 1430. The largest absolute Gasteiger partial charge is 0.338 e. The summed E-state index contributed by atoms with van der Waals surface area (Å²) in [6.45, 7) is 5.61. The molecular formula is C28H31N5O3S. The van der Waals surface area contributed by atoms with Gasteiger partial charge in [-0.2, -0.15) is 14.7 Å². The van der Waals surface area contributed by atoms with Crippen LogP contribution in [0.2, 0.25) is 0 Å². The topological polar surface area (TPSA) is 99.3 Å². The van der Waals surface area contributed by atoms with E-state index in [9.17, 15) is 18.5 Å². The van der Waals surface area contributed by atoms with Gasteiger partial charge in [0.05, 0.1) is 10.6 Å². The van der Waals surface area contributed by atoms with E-state index in [1.165, 1.54) is 4.31 Å². The number of aromatic nitrogens is 2. The maximum Gasteiger partial charge on any atom is 0.264 e. The summed E-state index contributed by atoms with van der Waals surface area (Å²) in [4.78, 5) is 15.0. The maximum atomic E-state index is 13.2. The third-order valence-electron chi connectivity index (χ3n) is 6.51. The third kappa shape index (κ3) is 5.66. The van der Waals surface area contributed by atoms with E-state index >= 15 is 0 Å². The molecule has 3 aromatic rings. The van der Waals surface area contributed by atoms with Crippen LogP contribution in [0.5, 0.6) is 0 Å². The van der Waals surface area contributed by atoms with E-state index in [0.29, 0.717) is 43.0 Å². The molecule has 2 heterocycles. The fraction of sp³-hybridized carbons (Fsp3) is 0.321. The monoisotopic (exact) mass is 517 g/mol. The van der Waals surface area contributed by atoms with Crippen molar-refractivity contribution in [3.05, 3.63) is 71.9 Å². The van der Waals surface area contributed by atoms with Crippen LogP contribution < -0.4 is 0 Å². The summed E-state index contributed by atoms with van der Waals surface area (Å²) in [5, 5.41) is 14.6. The van der Waals surface area contributed by atoms with Crippen LogP contribution in [0.4, 0.5) is 0 Å². The number of hydrogen-bond acceptors (Lipinski definition) is 5. The Morgan fingerprint density at radius 3 is 2.41 bits per heavy atom. The number of piperidine rings is 1. The van der Waals surface area contributed by atoms with Gasteiger partial charge in [-0.05, 0) is 49.6 Å². The molecule has 0 unspecified atom stereocenters. The molecule has 1 saturated heterocycles. The lowest BCUT2D eigenvalue weighted by Crippen LogP contribution is -2.36. The summed E-state index contributed by atoms with van der Waals surface area (Å²) in [5.74, 6) is -0.293. The number of carbonyl (C=O) groups excluding carboxylic acids is 1. The Hall–Kier alpha value is -3.74. The van der Waals surface area contributed by atoms with Gasteiger partial charge < -0.3 is 4.90 Å². The van der Waals surface area contributed by atoms with Crippen LogP contribution in [0.25, 0.3) is 23.0 Å². The van der Waals surface area contributed by atoms with Crippen molar-refractivity contribution in [3.8, 4) is 23.0 Å². The molecule has 0 aliphatic carbocycles. The van der Waals surface area contributed by atoms with Crippen molar-refractivity contribution in [2.75, 3.05) is 26.2 Å². The van der Waals surface area contributed by atoms with Crippen LogP contribution in [0.3, 0.4) is 0 Å². The van der Waals surface area contributed by atoms with Crippen molar-refractivity contribution >= 4 is 22.0 Å². The summed E-state index contributed by atoms with van der Waals surface area (Å²) in [6.07, 6.45) is 6.25. The Morgan fingerprint density at radius 1 is 1.05 bits per heavy atom. The van der Waals surface area contributed by atoms with E-state index in [1.807, 2.05) is 30.3 Å². The van der Waals surface area contributed by atoms with Gasteiger partial charge in [0.1, 0.15) is 17.3 Å². The lowest BCUT2D eigenvalue weighted by atomic mass is 10.0. The molecule has 0 bridgehead atoms. The normalized spacial score (nSPS) is 14.5. The molecule has 1 fully saturated rings. The maximum absolute atomic E-state index is 13.2. The molecule has 4 rings (SSSR count). The second-order valence-corrected chi connectivity index (χ2v) is 10.8. The molecule has 1 aliphatic rings. The predicted octanol–water partition coefficient (Wildman–Crippen LogP) is 4.49. The summed E-state index contributed by atoms with van der Waals surface area (Å²) < 4.78 is 29.4. The number of benzene rings is 2. The lowest BCUT2D eigenvalue weighted by Gasteiger charge is -2.26.